The molecule has 0 aromatic carbocycles. The minimum atomic E-state index is -1.53. The minimum absolute atomic E-state index is 0.238. The van der Waals surface area contributed by atoms with Crippen LogP contribution >= 0.6 is 0 Å². The summed E-state index contributed by atoms with van der Waals surface area (Å²) < 4.78 is 0. The van der Waals surface area contributed by atoms with E-state index in [2.05, 4.69) is 5.32 Å². The first-order valence-electron chi connectivity index (χ1n) is 6.46. The van der Waals surface area contributed by atoms with Crippen molar-refractivity contribution in [3.63, 3.8) is 0 Å². The Balaban J connectivity index is 1.79. The van der Waals surface area contributed by atoms with E-state index in [0.29, 0.717) is 5.41 Å². The summed E-state index contributed by atoms with van der Waals surface area (Å²) in [5, 5.41) is 20.1. The quantitative estimate of drug-likeness (QED) is 0.682. The van der Waals surface area contributed by atoms with Crippen molar-refractivity contribution in [3.05, 3.63) is 0 Å². The lowest BCUT2D eigenvalue weighted by Gasteiger charge is -2.23. The summed E-state index contributed by atoms with van der Waals surface area (Å²) in [6.45, 7) is 1.26. The van der Waals surface area contributed by atoms with E-state index in [1.54, 1.807) is 4.90 Å². The third-order valence-electron chi connectivity index (χ3n) is 4.12. The molecule has 6 heteroatoms. The monoisotopic (exact) mass is 256 g/mol. The summed E-state index contributed by atoms with van der Waals surface area (Å²) in [6, 6.07) is -0.265. The number of carboxylic acids is 1. The molecular weight excluding hydrogens is 236 g/mol. The first-order chi connectivity index (χ1) is 8.52. The van der Waals surface area contributed by atoms with Gasteiger partial charge in [0.1, 0.15) is 0 Å². The maximum Gasteiger partial charge on any atom is 0.334 e. The molecule has 1 heterocycles. The Labute approximate surface area is 106 Å². The number of carbonyl (C=O) groups is 2. The van der Waals surface area contributed by atoms with Crippen molar-refractivity contribution in [2.75, 3.05) is 19.6 Å². The van der Waals surface area contributed by atoms with Gasteiger partial charge in [-0.05, 0) is 24.7 Å². The van der Waals surface area contributed by atoms with E-state index < -0.39 is 12.1 Å². The van der Waals surface area contributed by atoms with Crippen LogP contribution in [-0.4, -0.2) is 52.9 Å². The number of nitrogens with zero attached hydrogens (tertiary/aromatic N) is 1. The second-order valence-corrected chi connectivity index (χ2v) is 5.42. The van der Waals surface area contributed by atoms with Crippen molar-refractivity contribution >= 4 is 12.0 Å². The summed E-state index contributed by atoms with van der Waals surface area (Å²) >= 11 is 0. The summed E-state index contributed by atoms with van der Waals surface area (Å²) in [6.07, 6.45) is 4.38. The zero-order valence-electron chi connectivity index (χ0n) is 10.4. The van der Waals surface area contributed by atoms with Gasteiger partial charge in [0.15, 0.2) is 6.10 Å². The largest absolute Gasteiger partial charge is 0.479 e. The molecule has 1 atom stereocenters. The highest BCUT2D eigenvalue weighted by Gasteiger charge is 2.41. The van der Waals surface area contributed by atoms with Crippen LogP contribution in [0, 0.1) is 5.41 Å². The fourth-order valence-corrected chi connectivity index (χ4v) is 3.02. The van der Waals surface area contributed by atoms with Gasteiger partial charge in [-0.15, -0.1) is 0 Å². The van der Waals surface area contributed by atoms with Gasteiger partial charge in [-0.1, -0.05) is 12.8 Å². The number of aliphatic hydroxyl groups is 1. The fourth-order valence-electron chi connectivity index (χ4n) is 3.02. The van der Waals surface area contributed by atoms with Crippen LogP contribution in [0.15, 0.2) is 0 Å². The van der Waals surface area contributed by atoms with E-state index in [1.165, 1.54) is 25.7 Å². The number of urea groups is 1. The van der Waals surface area contributed by atoms with Gasteiger partial charge >= 0.3 is 12.0 Å². The molecule has 102 valence electrons. The molecule has 0 aromatic heterocycles. The molecule has 18 heavy (non-hydrogen) atoms. The number of aliphatic hydroxyl groups excluding tert-OH is 1. The standard InChI is InChI=1S/C12H20N2O4/c15-9(10(16)17)7-13-11(18)14-6-5-12(8-14)3-1-2-4-12/h9,15H,1-8H2,(H,13,18)(H,16,17). The van der Waals surface area contributed by atoms with Gasteiger partial charge in [0.25, 0.3) is 0 Å². The maximum atomic E-state index is 11.8. The normalized spacial score (nSPS) is 23.3. The highest BCUT2D eigenvalue weighted by atomic mass is 16.4. The van der Waals surface area contributed by atoms with Gasteiger partial charge in [-0.25, -0.2) is 9.59 Å². The van der Waals surface area contributed by atoms with Crippen LogP contribution in [0.25, 0.3) is 0 Å². The molecule has 0 radical (unpaired) electrons. The van der Waals surface area contributed by atoms with E-state index in [4.69, 9.17) is 10.2 Å². The van der Waals surface area contributed by atoms with Crippen LogP contribution in [-0.2, 0) is 4.79 Å². The van der Waals surface area contributed by atoms with E-state index in [9.17, 15) is 9.59 Å². The fraction of sp³-hybridized carbons (Fsp3) is 0.833. The molecule has 1 aliphatic heterocycles. The van der Waals surface area contributed by atoms with E-state index in [0.717, 1.165) is 19.5 Å². The molecule has 1 saturated carbocycles. The number of rotatable bonds is 3. The van der Waals surface area contributed by atoms with Crippen molar-refractivity contribution in [2.45, 2.75) is 38.2 Å². The third-order valence-corrected chi connectivity index (χ3v) is 4.12. The zero-order chi connectivity index (χ0) is 13.2. The summed E-state index contributed by atoms with van der Waals surface area (Å²) in [4.78, 5) is 24.0. The van der Waals surface area contributed by atoms with Crippen molar-refractivity contribution in [1.29, 1.82) is 0 Å². The van der Waals surface area contributed by atoms with Crippen LogP contribution in [0.5, 0.6) is 0 Å². The first kappa shape index (κ1) is 13.1. The van der Waals surface area contributed by atoms with Crippen LogP contribution in [0.1, 0.15) is 32.1 Å². The van der Waals surface area contributed by atoms with E-state index >= 15 is 0 Å². The predicted molar refractivity (Wildman–Crippen MR) is 64.1 cm³/mol. The lowest BCUT2D eigenvalue weighted by Crippen LogP contribution is -2.44. The Kier molecular flexibility index (Phi) is 3.75. The highest BCUT2D eigenvalue weighted by Crippen LogP contribution is 2.45. The number of aliphatic carboxylic acids is 1. The van der Waals surface area contributed by atoms with Crippen molar-refractivity contribution in [3.8, 4) is 0 Å². The molecule has 0 bridgehead atoms. The second kappa shape index (κ2) is 5.14. The van der Waals surface area contributed by atoms with Gasteiger partial charge in [-0.2, -0.15) is 0 Å². The Bertz CT molecular complexity index is 339. The Morgan fingerprint density at radius 3 is 2.56 bits per heavy atom. The number of nitrogens with one attached hydrogen (secondary N) is 1. The van der Waals surface area contributed by atoms with Gasteiger partial charge < -0.3 is 20.4 Å². The van der Waals surface area contributed by atoms with E-state index in [1.807, 2.05) is 0 Å². The van der Waals surface area contributed by atoms with Gasteiger partial charge in [0.05, 0.1) is 6.54 Å². The molecule has 2 amide bonds. The van der Waals surface area contributed by atoms with Gasteiger partial charge in [0, 0.05) is 13.1 Å². The molecule has 1 saturated heterocycles. The lowest BCUT2D eigenvalue weighted by atomic mass is 9.86. The summed E-state index contributed by atoms with van der Waals surface area (Å²) in [7, 11) is 0. The van der Waals surface area contributed by atoms with Crippen molar-refractivity contribution in [2.24, 2.45) is 5.41 Å². The topological polar surface area (TPSA) is 89.9 Å². The smallest absolute Gasteiger partial charge is 0.334 e. The van der Waals surface area contributed by atoms with Gasteiger partial charge in [0.2, 0.25) is 0 Å². The number of hydrogen-bond acceptors (Lipinski definition) is 3. The van der Waals surface area contributed by atoms with E-state index in [-0.39, 0.29) is 12.6 Å². The average molecular weight is 256 g/mol. The lowest BCUT2D eigenvalue weighted by molar-refractivity contribution is -0.146. The molecule has 1 spiro atoms. The third kappa shape index (κ3) is 2.75. The molecule has 2 rings (SSSR count). The first-order valence-corrected chi connectivity index (χ1v) is 6.46. The molecule has 2 fully saturated rings. The molecular formula is C12H20N2O4. The van der Waals surface area contributed by atoms with Gasteiger partial charge in [-0.3, -0.25) is 0 Å². The summed E-state index contributed by atoms with van der Waals surface area (Å²) in [5.41, 5.74) is 0.308. The Hall–Kier alpha value is -1.30. The maximum absolute atomic E-state index is 11.8. The Morgan fingerprint density at radius 1 is 1.28 bits per heavy atom. The molecule has 2 aliphatic rings. The van der Waals surface area contributed by atoms with Crippen LogP contribution in [0.2, 0.25) is 0 Å². The predicted octanol–water partition coefficient (Wildman–Crippen LogP) is 0.408. The average Bonchev–Trinajstić information content (AvgIpc) is 2.97. The number of likely N-dealkylation sites (tertiary alicyclic amines) is 1. The number of amides is 2. The van der Waals surface area contributed by atoms with Crippen LogP contribution in [0.3, 0.4) is 0 Å². The zero-order valence-corrected chi connectivity index (χ0v) is 10.4. The summed E-state index contributed by atoms with van der Waals surface area (Å²) in [5.74, 6) is -1.32. The van der Waals surface area contributed by atoms with Crippen molar-refractivity contribution in [1.82, 2.24) is 10.2 Å². The molecule has 1 unspecified atom stereocenters. The SMILES string of the molecule is O=C(O)C(O)CNC(=O)N1CCC2(CCCC2)C1. The number of carbonyl (C=O) groups excluding carboxylic acids is 1. The molecule has 0 aromatic rings. The molecule has 1 aliphatic carbocycles. The molecule has 3 N–H and O–H groups in total. The minimum Gasteiger partial charge on any atom is -0.479 e. The van der Waals surface area contributed by atoms with Crippen LogP contribution in [0.4, 0.5) is 4.79 Å². The van der Waals surface area contributed by atoms with Crippen molar-refractivity contribution < 1.29 is 19.8 Å². The number of carboxylic acid groups (broad SMARTS) is 1. The highest BCUT2D eigenvalue weighted by molar-refractivity contribution is 5.77. The second-order valence-electron chi connectivity index (χ2n) is 5.42. The molecule has 6 nitrogen and oxygen atoms in total. The number of hydrogen-bond donors (Lipinski definition) is 3. The Morgan fingerprint density at radius 2 is 1.94 bits per heavy atom. The van der Waals surface area contributed by atoms with Crippen LogP contribution < -0.4 is 5.32 Å².